The van der Waals surface area contributed by atoms with E-state index in [0.29, 0.717) is 50.9 Å². The lowest BCUT2D eigenvalue weighted by molar-refractivity contribution is -0.130. The number of hydrogen-bond acceptors (Lipinski definition) is 6. The number of hydrogen-bond donors (Lipinski definition) is 1. The molecule has 2 aromatic heterocycles. The first-order chi connectivity index (χ1) is 21.0. The molecular weight excluding hydrogens is 542 g/mol. The van der Waals surface area contributed by atoms with Crippen LogP contribution in [0, 0.1) is 0 Å². The van der Waals surface area contributed by atoms with Gasteiger partial charge >= 0.3 is 0 Å². The van der Waals surface area contributed by atoms with Crippen molar-refractivity contribution in [1.82, 2.24) is 24.7 Å². The summed E-state index contributed by atoms with van der Waals surface area (Å²) in [4.78, 5) is 38.5. The van der Waals surface area contributed by atoms with Crippen LogP contribution in [0.25, 0.3) is 10.9 Å². The number of ether oxygens (including phenoxy) is 1. The Morgan fingerprint density at radius 1 is 0.907 bits per heavy atom. The van der Waals surface area contributed by atoms with Gasteiger partial charge in [0.25, 0.3) is 5.91 Å². The average molecular weight is 578 g/mol. The number of H-pyrrole nitrogens is 1. The number of amides is 2. The molecule has 1 N–H and O–H groups in total. The van der Waals surface area contributed by atoms with Crippen LogP contribution in [0.1, 0.15) is 34.4 Å². The lowest BCUT2D eigenvalue weighted by Crippen LogP contribution is -2.50. The third kappa shape index (κ3) is 6.95. The van der Waals surface area contributed by atoms with E-state index in [1.54, 1.807) is 16.7 Å². The molecule has 1 saturated heterocycles. The molecule has 0 atom stereocenters. The monoisotopic (exact) mass is 577 g/mol. The molecule has 5 aromatic rings. The van der Waals surface area contributed by atoms with Crippen LogP contribution in [-0.4, -0.2) is 69.2 Å². The second-order valence-corrected chi connectivity index (χ2v) is 10.8. The minimum absolute atomic E-state index is 0.0284. The van der Waals surface area contributed by atoms with E-state index in [2.05, 4.69) is 51.4 Å². The molecule has 43 heavy (non-hydrogen) atoms. The highest BCUT2D eigenvalue weighted by molar-refractivity contribution is 5.92. The zero-order valence-electron chi connectivity index (χ0n) is 24.2. The number of para-hydroxylation sites is 2. The second kappa shape index (κ2) is 13.0. The Morgan fingerprint density at radius 2 is 1.65 bits per heavy atom. The smallest absolute Gasteiger partial charge is 0.275 e. The number of oxazole rings is 1. The van der Waals surface area contributed by atoms with Gasteiger partial charge in [0.05, 0.1) is 6.54 Å². The van der Waals surface area contributed by atoms with Gasteiger partial charge in [0, 0.05) is 63.3 Å². The Morgan fingerprint density at radius 3 is 2.47 bits per heavy atom. The summed E-state index contributed by atoms with van der Waals surface area (Å²) in [6.07, 6.45) is 4.35. The molecule has 220 valence electrons. The van der Waals surface area contributed by atoms with Crippen molar-refractivity contribution in [2.24, 2.45) is 0 Å². The fourth-order valence-electron chi connectivity index (χ4n) is 5.48. The van der Waals surface area contributed by atoms with Crippen LogP contribution >= 0.6 is 0 Å². The van der Waals surface area contributed by atoms with Crippen LogP contribution < -0.4 is 4.74 Å². The van der Waals surface area contributed by atoms with Crippen molar-refractivity contribution in [3.63, 3.8) is 0 Å². The van der Waals surface area contributed by atoms with Crippen molar-refractivity contribution in [3.05, 3.63) is 114 Å². The van der Waals surface area contributed by atoms with Crippen molar-refractivity contribution in [2.45, 2.75) is 26.4 Å². The summed E-state index contributed by atoms with van der Waals surface area (Å²) in [5, 5.41) is 1.22. The highest BCUT2D eigenvalue weighted by Gasteiger charge is 2.25. The van der Waals surface area contributed by atoms with Crippen molar-refractivity contribution in [2.75, 3.05) is 32.7 Å². The zero-order valence-corrected chi connectivity index (χ0v) is 24.2. The van der Waals surface area contributed by atoms with Gasteiger partial charge in [-0.1, -0.05) is 48.5 Å². The highest BCUT2D eigenvalue weighted by atomic mass is 16.5. The van der Waals surface area contributed by atoms with E-state index in [1.807, 2.05) is 48.5 Å². The number of nitrogens with zero attached hydrogens (tertiary/aromatic N) is 4. The van der Waals surface area contributed by atoms with Crippen LogP contribution in [0.5, 0.6) is 11.5 Å². The van der Waals surface area contributed by atoms with E-state index in [4.69, 9.17) is 9.15 Å². The third-order valence-electron chi connectivity index (χ3n) is 7.80. The number of fused-ring (bicyclic) bond motifs is 1. The summed E-state index contributed by atoms with van der Waals surface area (Å²) in [7, 11) is 0. The molecule has 0 unspecified atom stereocenters. The molecule has 3 heterocycles. The number of aromatic nitrogens is 2. The van der Waals surface area contributed by atoms with Gasteiger partial charge in [0.15, 0.2) is 5.69 Å². The molecule has 6 rings (SSSR count). The molecule has 1 aliphatic rings. The predicted molar refractivity (Wildman–Crippen MR) is 164 cm³/mol. The first kappa shape index (κ1) is 28.2. The summed E-state index contributed by atoms with van der Waals surface area (Å²) >= 11 is 0. The summed E-state index contributed by atoms with van der Waals surface area (Å²) in [6, 6.07) is 26.1. The Balaban J connectivity index is 1.16. The number of nitrogens with one attached hydrogen (secondary N) is 1. The van der Waals surface area contributed by atoms with E-state index in [0.717, 1.165) is 35.5 Å². The Bertz CT molecular complexity index is 1690. The molecule has 1 fully saturated rings. The van der Waals surface area contributed by atoms with Gasteiger partial charge in [-0.25, -0.2) is 4.98 Å². The van der Waals surface area contributed by atoms with Crippen LogP contribution in [0.2, 0.25) is 0 Å². The first-order valence-electron chi connectivity index (χ1n) is 14.6. The van der Waals surface area contributed by atoms with E-state index in [9.17, 15) is 9.59 Å². The van der Waals surface area contributed by atoms with Crippen LogP contribution in [0.4, 0.5) is 0 Å². The van der Waals surface area contributed by atoms with Crippen molar-refractivity contribution in [3.8, 4) is 11.5 Å². The Kier molecular flexibility index (Phi) is 8.51. The van der Waals surface area contributed by atoms with Crippen molar-refractivity contribution in [1.29, 1.82) is 0 Å². The van der Waals surface area contributed by atoms with E-state index in [-0.39, 0.29) is 11.8 Å². The second-order valence-electron chi connectivity index (χ2n) is 10.8. The van der Waals surface area contributed by atoms with Gasteiger partial charge in [-0.3, -0.25) is 14.5 Å². The topological polar surface area (TPSA) is 94.9 Å². The molecule has 2 amide bonds. The number of benzene rings is 3. The fourth-order valence-corrected chi connectivity index (χ4v) is 5.48. The quantitative estimate of drug-likeness (QED) is 0.236. The van der Waals surface area contributed by atoms with E-state index in [1.165, 1.54) is 17.2 Å². The molecule has 9 nitrogen and oxygen atoms in total. The number of carbonyl (C=O) groups excluding carboxylic acids is 2. The number of carbonyl (C=O) groups is 2. The molecule has 0 aliphatic carbocycles. The van der Waals surface area contributed by atoms with Gasteiger partial charge < -0.3 is 23.9 Å². The van der Waals surface area contributed by atoms with Crippen LogP contribution in [0.3, 0.4) is 0 Å². The van der Waals surface area contributed by atoms with Gasteiger partial charge in [-0.15, -0.1) is 0 Å². The number of rotatable bonds is 10. The van der Waals surface area contributed by atoms with Gasteiger partial charge in [-0.2, -0.15) is 0 Å². The summed E-state index contributed by atoms with van der Waals surface area (Å²) in [5.74, 6) is 1.90. The van der Waals surface area contributed by atoms with Gasteiger partial charge in [0.2, 0.25) is 11.8 Å². The first-order valence-corrected chi connectivity index (χ1v) is 14.6. The maximum absolute atomic E-state index is 13.1. The third-order valence-corrected chi connectivity index (χ3v) is 7.80. The summed E-state index contributed by atoms with van der Waals surface area (Å²) in [5.41, 5.74) is 3.75. The summed E-state index contributed by atoms with van der Waals surface area (Å²) < 4.78 is 11.9. The van der Waals surface area contributed by atoms with Gasteiger partial charge in [-0.05, 0) is 47.9 Å². The Labute approximate surface area is 250 Å². The summed E-state index contributed by atoms with van der Waals surface area (Å²) in [6.45, 7) is 5.42. The molecular formula is C34H35N5O4. The molecule has 0 radical (unpaired) electrons. The van der Waals surface area contributed by atoms with Gasteiger partial charge in [0.1, 0.15) is 17.8 Å². The molecule has 0 bridgehead atoms. The standard InChI is InChI=1S/C34H35N5O4/c1-25(40)38-16-18-39(19-17-38)34(41)32-24-42-33(36-32)23-37(15-14-27-21-35-31-13-6-5-12-30(27)31)22-26-8-7-11-29(20-26)43-28-9-3-2-4-10-28/h2-13,20-21,24,35H,14-19,22-23H2,1H3. The van der Waals surface area contributed by atoms with E-state index >= 15 is 0 Å². The van der Waals surface area contributed by atoms with Crippen molar-refractivity contribution >= 4 is 22.7 Å². The van der Waals surface area contributed by atoms with Crippen molar-refractivity contribution < 1.29 is 18.7 Å². The maximum atomic E-state index is 13.1. The lowest BCUT2D eigenvalue weighted by Gasteiger charge is -2.33. The lowest BCUT2D eigenvalue weighted by atomic mass is 10.1. The zero-order chi connectivity index (χ0) is 29.6. The maximum Gasteiger partial charge on any atom is 0.275 e. The minimum Gasteiger partial charge on any atom is -0.457 e. The molecule has 3 aromatic carbocycles. The Hall–Kier alpha value is -4.89. The minimum atomic E-state index is -0.172. The average Bonchev–Trinajstić information content (AvgIpc) is 3.67. The molecule has 9 heteroatoms. The van der Waals surface area contributed by atoms with E-state index < -0.39 is 0 Å². The normalized spacial score (nSPS) is 13.5. The van der Waals surface area contributed by atoms with Crippen LogP contribution in [-0.2, 0) is 24.3 Å². The molecule has 0 spiro atoms. The molecule has 1 aliphatic heterocycles. The van der Waals surface area contributed by atoms with Crippen LogP contribution in [0.15, 0.2) is 95.7 Å². The fraction of sp³-hybridized carbons (Fsp3) is 0.265. The SMILES string of the molecule is CC(=O)N1CCN(C(=O)c2coc(CN(CCc3c[nH]c4ccccc34)Cc3cccc(Oc4ccccc4)c3)n2)CC1. The predicted octanol–water partition coefficient (Wildman–Crippen LogP) is 5.50. The molecule has 0 saturated carbocycles. The largest absolute Gasteiger partial charge is 0.457 e. The number of piperazine rings is 1. The number of aromatic amines is 1. The highest BCUT2D eigenvalue weighted by Crippen LogP contribution is 2.24.